The Morgan fingerprint density at radius 1 is 0.441 bits per heavy atom. The Morgan fingerprint density at radius 3 is 1.17 bits per heavy atom. The lowest BCUT2D eigenvalue weighted by molar-refractivity contribution is -0.148. The number of primary amides is 3. The van der Waals surface area contributed by atoms with Crippen LogP contribution in [0.3, 0.4) is 0 Å². The van der Waals surface area contributed by atoms with Crippen LogP contribution in [0.15, 0.2) is 154 Å². The molecule has 14 rings (SSSR count). The number of phenolic OH excluding ortho intramolecular Hbond substituents is 3. The number of rotatable bonds is 5. The Morgan fingerprint density at radius 2 is 0.784 bits per heavy atom. The monoisotopic (exact) mass is 1510 g/mol. The van der Waals surface area contributed by atoms with Crippen LogP contribution in [0.5, 0.6) is 17.2 Å². The van der Waals surface area contributed by atoms with Crippen LogP contribution in [-0.4, -0.2) is 148 Å². The molecule has 536 valence electrons. The average Bonchev–Trinajstić information content (AvgIpc) is 0.702. The van der Waals surface area contributed by atoms with Crippen molar-refractivity contribution >= 4 is 105 Å². The van der Waals surface area contributed by atoms with E-state index in [9.17, 15) is 104 Å². The maximum Gasteiger partial charge on any atom is 1.00 e. The molecule has 6 unspecified atom stereocenters. The highest BCUT2D eigenvalue weighted by atomic mass is 127. The lowest BCUT2D eigenvalue weighted by Crippen LogP contribution is -2.58. The van der Waals surface area contributed by atoms with Gasteiger partial charge in [-0.1, -0.05) is 114 Å². The normalized spacial score (nSPS) is 25.5. The van der Waals surface area contributed by atoms with Crippen molar-refractivity contribution in [3.63, 3.8) is 0 Å². The number of phenols is 3. The van der Waals surface area contributed by atoms with Gasteiger partial charge in [0.15, 0.2) is 34.2 Å². The number of carbonyl (C=O) groups is 9. The lowest BCUT2D eigenvalue weighted by atomic mass is 9.59. The smallest absolute Gasteiger partial charge is 0.508 e. The minimum absolute atomic E-state index is 0. The van der Waals surface area contributed by atoms with Gasteiger partial charge in [-0.05, 0) is 136 Å². The van der Waals surface area contributed by atoms with E-state index in [4.69, 9.17) is 27.2 Å². The predicted octanol–water partition coefficient (Wildman–Crippen LogP) is 5.71. The maximum atomic E-state index is 13.5. The molecule has 9 aliphatic rings. The number of fused-ring (bicyclic) bond motifs is 9. The number of benzene rings is 5. The largest absolute Gasteiger partial charge is 1.00 e. The molecule has 9 atom stereocenters. The van der Waals surface area contributed by atoms with E-state index in [1.54, 1.807) is 48.5 Å². The standard InChI is InChI=1S/C25H21NO7.C19H16INO7.C19H17NO7.C6H7BO2.2C2H6.CH4/c26-24(32)20-17(28)10-13-8-12-9-15-14(11-4-2-1-3-5-11)6-7-16(27)19(15)21(29)18(12)22(30)25(13,33)23(20)31;20-9-1-2-10(22)13-8(9)4-6-3-7-5-11(23)14(18(21)27)17(26)19(7,28)16(25)12(6)15(13)24;20-18(26)14-11(22)6-9-5-8-4-7-2-1-3-10(21)12(7)15(23)13(8)16(24)19(9,27)17(14)25;8-7(9)6-4-2-1-3-5-6;2*1-2;/h1-7,12-13,27,29,31,33H,8-10H2,(H2,26,32);1-2,6-7,22,24,26,28H,3-5H2,(H2,21,27);1-3,8-9,21,23,25,27H,4-6H2,(H2,20,26);1-5,8-9H;2*1-2H3;1H4/p+1/t12?,13?,25-;6?,7?,19-;8?,9?,19-;;;;/m000..../s1. The molecule has 0 aromatic heterocycles. The van der Waals surface area contributed by atoms with Crippen molar-refractivity contribution in [3.8, 4) is 28.4 Å². The third-order valence-electron chi connectivity index (χ3n) is 19.8. The SMILES string of the molecule is C.CC.CC.NC(=O)C1=C(O)[C@@]2(O)C(=O)C3=C(O)c4c(O)ccc(-c5ccccc5)c4CC3CC2CC1=O.NC(=O)C1=C(O)[C@@]2(O)C(=O)C3=C(O)c4c(O)ccc(I)c4CC3CC2CC1=O.NC(=O)C1=C(O)[C@@]2(O)C(=O)C3=C(O)c4c(O)cccc4CC3CC2CC1=O.OB(O)c1ccccc1.[H+]. The molecule has 0 spiro atoms. The van der Waals surface area contributed by atoms with Crippen molar-refractivity contribution in [3.05, 3.63) is 191 Å². The molecule has 3 fully saturated rings. The second-order valence-electron chi connectivity index (χ2n) is 25.1. The fourth-order valence-corrected chi connectivity index (χ4v) is 15.9. The fourth-order valence-electron chi connectivity index (χ4n) is 15.3. The van der Waals surface area contributed by atoms with Gasteiger partial charge in [-0.2, -0.15) is 0 Å². The number of halogens is 1. The Hall–Kier alpha value is -10.2. The summed E-state index contributed by atoms with van der Waals surface area (Å²) in [4.78, 5) is 111. The molecule has 28 heteroatoms. The van der Waals surface area contributed by atoms with Crippen molar-refractivity contribution in [2.45, 2.75) is 110 Å². The number of hydrogen-bond donors (Lipinski definition) is 17. The van der Waals surface area contributed by atoms with Crippen LogP contribution in [0.2, 0.25) is 0 Å². The number of aliphatic hydroxyl groups excluding tert-OH is 6. The van der Waals surface area contributed by atoms with E-state index in [1.165, 1.54) is 18.2 Å². The van der Waals surface area contributed by atoms with Crippen LogP contribution in [0.1, 0.15) is 108 Å². The Kier molecular flexibility index (Phi) is 22.6. The Bertz CT molecular complexity index is 4580. The molecule has 5 aromatic rings. The van der Waals surface area contributed by atoms with Crippen LogP contribution in [0, 0.1) is 39.1 Å². The van der Waals surface area contributed by atoms with Gasteiger partial charge in [0.25, 0.3) is 17.7 Å². The number of carbonyl (C=O) groups excluding carboxylic acids is 9. The van der Waals surface area contributed by atoms with E-state index in [2.05, 4.69) is 22.6 Å². The summed E-state index contributed by atoms with van der Waals surface area (Å²) in [7, 11) is -1.34. The van der Waals surface area contributed by atoms with Gasteiger partial charge in [0.1, 0.15) is 68.5 Å². The second-order valence-corrected chi connectivity index (χ2v) is 26.2. The maximum absolute atomic E-state index is 13.5. The average molecular weight is 1520 g/mol. The number of nitrogens with two attached hydrogens (primary N) is 3. The summed E-state index contributed by atoms with van der Waals surface area (Å²) in [5.74, 6) is -18.6. The minimum atomic E-state index is -2.55. The van der Waals surface area contributed by atoms with Gasteiger partial charge >= 0.3 is 8.55 Å². The molecule has 102 heavy (non-hydrogen) atoms. The van der Waals surface area contributed by atoms with Gasteiger partial charge < -0.3 is 88.5 Å². The van der Waals surface area contributed by atoms with E-state index in [1.807, 2.05) is 64.1 Å². The first-order chi connectivity index (χ1) is 47.7. The highest BCUT2D eigenvalue weighted by Crippen LogP contribution is 2.56. The van der Waals surface area contributed by atoms with Gasteiger partial charge in [0.2, 0.25) is 17.3 Å². The molecule has 0 saturated heterocycles. The van der Waals surface area contributed by atoms with Crippen molar-refractivity contribution in [2.75, 3.05) is 0 Å². The molecular formula is C74H78BIN3O23+. The molecular weight excluding hydrogens is 1440 g/mol. The van der Waals surface area contributed by atoms with Crippen LogP contribution >= 0.6 is 22.6 Å². The first-order valence-electron chi connectivity index (χ1n) is 32.3. The molecule has 5 aromatic carbocycles. The molecule has 20 N–H and O–H groups in total. The number of aromatic hydroxyl groups is 3. The molecule has 0 heterocycles. The molecule has 3 saturated carbocycles. The number of ketones is 6. The van der Waals surface area contributed by atoms with Gasteiger partial charge in [0.05, 0.1) is 16.7 Å². The molecule has 3 amide bonds. The number of hydrogen-bond acceptors (Lipinski definition) is 23. The van der Waals surface area contributed by atoms with E-state index in [0.29, 0.717) is 35.0 Å². The van der Waals surface area contributed by atoms with Gasteiger partial charge in [0, 0.05) is 57.3 Å². The Labute approximate surface area is 599 Å². The van der Waals surface area contributed by atoms with E-state index < -0.39 is 163 Å². The third-order valence-corrected chi connectivity index (χ3v) is 20.8. The quantitative estimate of drug-likeness (QED) is 0.0569. The lowest BCUT2D eigenvalue weighted by Gasteiger charge is -2.46. The zero-order valence-corrected chi connectivity index (χ0v) is 56.9. The summed E-state index contributed by atoms with van der Waals surface area (Å²) in [5.41, 5.74) is 9.49. The van der Waals surface area contributed by atoms with Crippen molar-refractivity contribution in [1.29, 1.82) is 0 Å². The van der Waals surface area contributed by atoms with Gasteiger partial charge in [-0.3, -0.25) is 43.2 Å². The first-order valence-corrected chi connectivity index (χ1v) is 33.3. The third kappa shape index (κ3) is 12.7. The van der Waals surface area contributed by atoms with Crippen molar-refractivity contribution in [1.82, 2.24) is 0 Å². The van der Waals surface area contributed by atoms with Crippen LogP contribution in [-0.2, 0) is 62.4 Å². The zero-order chi connectivity index (χ0) is 74.6. The molecule has 0 aliphatic heterocycles. The summed E-state index contributed by atoms with van der Waals surface area (Å²) in [6, 6.07) is 29.0. The number of amides is 3. The van der Waals surface area contributed by atoms with E-state index in [-0.39, 0.29) is 104 Å². The number of Topliss-reactive ketones (excluding diaryl/α,β-unsaturated/α-hetero) is 6. The zero-order valence-electron chi connectivity index (χ0n) is 55.8. The van der Waals surface area contributed by atoms with Crippen molar-refractivity contribution < 1.29 is 116 Å². The summed E-state index contributed by atoms with van der Waals surface area (Å²) in [6.07, 6.45) is 0.311. The highest BCUT2D eigenvalue weighted by molar-refractivity contribution is 14.1. The summed E-state index contributed by atoms with van der Waals surface area (Å²) in [5, 5.41) is 145. The fraction of sp³-hybridized carbons (Fsp3) is 0.311. The number of aliphatic hydroxyl groups is 9. The van der Waals surface area contributed by atoms with Crippen LogP contribution < -0.4 is 22.7 Å². The van der Waals surface area contributed by atoms with Crippen LogP contribution in [0.25, 0.3) is 28.4 Å². The Balaban J connectivity index is 0.000000198. The molecule has 0 radical (unpaired) electrons. The van der Waals surface area contributed by atoms with E-state index in [0.717, 1.165) is 14.7 Å². The highest BCUT2D eigenvalue weighted by Gasteiger charge is 2.63. The summed E-state index contributed by atoms with van der Waals surface area (Å²) < 4.78 is 0.794. The van der Waals surface area contributed by atoms with Gasteiger partial charge in [-0.15, -0.1) is 0 Å². The predicted molar refractivity (Wildman–Crippen MR) is 379 cm³/mol. The second kappa shape index (κ2) is 29.8. The van der Waals surface area contributed by atoms with Gasteiger partial charge in [-0.25, -0.2) is 0 Å². The minimum Gasteiger partial charge on any atom is -0.508 e. The van der Waals surface area contributed by atoms with Crippen molar-refractivity contribution in [2.24, 2.45) is 52.7 Å². The van der Waals surface area contributed by atoms with Crippen LogP contribution in [0.4, 0.5) is 0 Å². The molecule has 26 nitrogen and oxygen atoms in total. The topological polar surface area (TPSA) is 515 Å². The molecule has 9 aliphatic carbocycles. The summed E-state index contributed by atoms with van der Waals surface area (Å²) >= 11 is 2.06. The first kappa shape index (κ1) is 77.5. The summed E-state index contributed by atoms with van der Waals surface area (Å²) in [6.45, 7) is 8.00. The molecule has 0 bridgehead atoms. The van der Waals surface area contributed by atoms with E-state index >= 15 is 0 Å².